The highest BCUT2D eigenvalue weighted by Crippen LogP contribution is 2.25. The van der Waals surface area contributed by atoms with E-state index in [0.717, 1.165) is 19.6 Å². The van der Waals surface area contributed by atoms with E-state index in [1.165, 1.54) is 0 Å². The second kappa shape index (κ2) is 4.64. The number of piperidine rings is 1. The molecule has 0 saturated carbocycles. The van der Waals surface area contributed by atoms with Crippen molar-refractivity contribution in [3.05, 3.63) is 0 Å². The molecule has 1 aromatic heterocycles. The summed E-state index contributed by atoms with van der Waals surface area (Å²) >= 11 is 0. The van der Waals surface area contributed by atoms with E-state index in [0.29, 0.717) is 43.9 Å². The molecule has 0 aromatic carbocycles. The smallest absolute Gasteiger partial charge is 0.250 e. The molecule has 0 radical (unpaired) electrons. The van der Waals surface area contributed by atoms with E-state index in [9.17, 15) is 4.79 Å². The minimum atomic E-state index is 0.0726. The zero-order valence-corrected chi connectivity index (χ0v) is 11.1. The Bertz CT molecular complexity index is 575. The summed E-state index contributed by atoms with van der Waals surface area (Å²) in [6.07, 6.45) is 0. The Labute approximate surface area is 115 Å². The monoisotopic (exact) mass is 276 g/mol. The number of Topliss-reactive ketones (excluding diaryl/α,β-unsaturated/α-hetero) is 1. The van der Waals surface area contributed by atoms with Gasteiger partial charge in [-0.25, -0.2) is 9.67 Å². The zero-order valence-electron chi connectivity index (χ0n) is 11.1. The average Bonchev–Trinajstić information content (AvgIpc) is 2.90. The lowest BCUT2D eigenvalue weighted by Gasteiger charge is -2.26. The van der Waals surface area contributed by atoms with Gasteiger partial charge in [0.1, 0.15) is 0 Å². The van der Waals surface area contributed by atoms with Crippen LogP contribution in [0.4, 0.5) is 11.9 Å². The van der Waals surface area contributed by atoms with Crippen molar-refractivity contribution in [3.63, 3.8) is 0 Å². The molecule has 0 amide bonds. The maximum Gasteiger partial charge on any atom is 0.250 e. The number of morpholine rings is 1. The SMILES string of the molecule is O=C1CNCC2Cn3nc(N4CCOCC4)nc3N=C12. The van der Waals surface area contributed by atoms with Crippen molar-refractivity contribution < 1.29 is 9.53 Å². The molecule has 8 heteroatoms. The van der Waals surface area contributed by atoms with Gasteiger partial charge in [-0.2, -0.15) is 4.98 Å². The third-order valence-electron chi connectivity index (χ3n) is 3.90. The molecule has 4 heterocycles. The van der Waals surface area contributed by atoms with Gasteiger partial charge in [-0.1, -0.05) is 0 Å². The van der Waals surface area contributed by atoms with Gasteiger partial charge in [0, 0.05) is 25.6 Å². The Morgan fingerprint density at radius 3 is 3.00 bits per heavy atom. The van der Waals surface area contributed by atoms with Crippen molar-refractivity contribution in [2.45, 2.75) is 6.54 Å². The molecule has 0 bridgehead atoms. The number of anilines is 1. The molecule has 3 aliphatic rings. The van der Waals surface area contributed by atoms with Crippen LogP contribution in [0.15, 0.2) is 4.99 Å². The first-order valence-corrected chi connectivity index (χ1v) is 6.91. The van der Waals surface area contributed by atoms with Gasteiger partial charge in [-0.3, -0.25) is 4.79 Å². The number of hydrogen-bond donors (Lipinski definition) is 1. The van der Waals surface area contributed by atoms with E-state index in [-0.39, 0.29) is 11.7 Å². The summed E-state index contributed by atoms with van der Waals surface area (Å²) in [4.78, 5) is 22.8. The molecular formula is C12H16N6O2. The maximum atomic E-state index is 11.9. The average molecular weight is 276 g/mol. The molecule has 0 aliphatic carbocycles. The van der Waals surface area contributed by atoms with Gasteiger partial charge >= 0.3 is 0 Å². The van der Waals surface area contributed by atoms with Gasteiger partial charge in [-0.15, -0.1) is 5.10 Å². The van der Waals surface area contributed by atoms with Crippen LogP contribution in [0.25, 0.3) is 0 Å². The molecule has 8 nitrogen and oxygen atoms in total. The summed E-state index contributed by atoms with van der Waals surface area (Å²) in [5, 5.41) is 7.64. The molecule has 106 valence electrons. The summed E-state index contributed by atoms with van der Waals surface area (Å²) in [7, 11) is 0. The van der Waals surface area contributed by atoms with Crippen LogP contribution in [0.5, 0.6) is 0 Å². The van der Waals surface area contributed by atoms with Crippen LogP contribution in [0.1, 0.15) is 0 Å². The number of aliphatic imine (C=N–C) groups is 1. The van der Waals surface area contributed by atoms with Gasteiger partial charge < -0.3 is 15.0 Å². The number of ketones is 1. The highest BCUT2D eigenvalue weighted by Gasteiger charge is 2.33. The minimum absolute atomic E-state index is 0.0726. The third-order valence-corrected chi connectivity index (χ3v) is 3.90. The Balaban J connectivity index is 1.65. The lowest BCUT2D eigenvalue weighted by molar-refractivity contribution is -0.113. The fourth-order valence-electron chi connectivity index (χ4n) is 2.82. The Morgan fingerprint density at radius 1 is 1.30 bits per heavy atom. The quantitative estimate of drug-likeness (QED) is 0.707. The van der Waals surface area contributed by atoms with Crippen LogP contribution in [0.2, 0.25) is 0 Å². The maximum absolute atomic E-state index is 11.9. The van der Waals surface area contributed by atoms with Gasteiger partial charge in [0.15, 0.2) is 5.78 Å². The van der Waals surface area contributed by atoms with E-state index in [1.807, 2.05) is 0 Å². The number of aromatic nitrogens is 3. The standard InChI is InChI=1S/C12H16N6O2/c19-9-6-13-5-8-7-18-11(14-10(8)9)15-12(16-18)17-1-3-20-4-2-17/h8,13H,1-7H2. The lowest BCUT2D eigenvalue weighted by Crippen LogP contribution is -2.47. The third kappa shape index (κ3) is 1.92. The van der Waals surface area contributed by atoms with Crippen LogP contribution >= 0.6 is 0 Å². The Kier molecular flexibility index (Phi) is 2.78. The fourth-order valence-corrected chi connectivity index (χ4v) is 2.82. The lowest BCUT2D eigenvalue weighted by atomic mass is 9.95. The van der Waals surface area contributed by atoms with Crippen molar-refractivity contribution >= 4 is 23.4 Å². The van der Waals surface area contributed by atoms with Gasteiger partial charge in [0.2, 0.25) is 11.9 Å². The van der Waals surface area contributed by atoms with Gasteiger partial charge in [-0.05, 0) is 0 Å². The van der Waals surface area contributed by atoms with Crippen LogP contribution < -0.4 is 10.2 Å². The predicted octanol–water partition coefficient (Wildman–Crippen LogP) is -1.01. The van der Waals surface area contributed by atoms with Crippen LogP contribution in [0.3, 0.4) is 0 Å². The molecule has 20 heavy (non-hydrogen) atoms. The molecule has 3 aliphatic heterocycles. The summed E-state index contributed by atoms with van der Waals surface area (Å²) < 4.78 is 7.13. The van der Waals surface area contributed by atoms with Crippen molar-refractivity contribution in [1.29, 1.82) is 0 Å². The normalized spacial score (nSPS) is 26.0. The summed E-state index contributed by atoms with van der Waals surface area (Å²) in [6, 6.07) is 0. The number of ether oxygens (including phenoxy) is 1. The number of carbonyl (C=O) groups is 1. The first-order valence-electron chi connectivity index (χ1n) is 6.91. The highest BCUT2D eigenvalue weighted by atomic mass is 16.5. The van der Waals surface area contributed by atoms with E-state index in [1.54, 1.807) is 4.68 Å². The van der Waals surface area contributed by atoms with Crippen molar-refractivity contribution in [1.82, 2.24) is 20.1 Å². The molecule has 2 fully saturated rings. The summed E-state index contributed by atoms with van der Waals surface area (Å²) in [5.74, 6) is 1.42. The van der Waals surface area contributed by atoms with E-state index >= 15 is 0 Å². The molecule has 2 saturated heterocycles. The van der Waals surface area contributed by atoms with E-state index in [4.69, 9.17) is 4.74 Å². The first kappa shape index (κ1) is 12.0. The number of hydrogen-bond acceptors (Lipinski definition) is 7. The number of rotatable bonds is 1. The topological polar surface area (TPSA) is 84.6 Å². The molecule has 1 atom stereocenters. The molecule has 0 spiro atoms. The molecule has 1 unspecified atom stereocenters. The first-order chi connectivity index (χ1) is 9.81. The van der Waals surface area contributed by atoms with Crippen molar-refractivity contribution in [2.75, 3.05) is 44.3 Å². The second-order valence-electron chi connectivity index (χ2n) is 5.24. The summed E-state index contributed by atoms with van der Waals surface area (Å²) in [6.45, 7) is 4.81. The van der Waals surface area contributed by atoms with E-state index in [2.05, 4.69) is 25.3 Å². The van der Waals surface area contributed by atoms with Crippen molar-refractivity contribution in [2.24, 2.45) is 10.9 Å². The van der Waals surface area contributed by atoms with Crippen molar-refractivity contribution in [3.8, 4) is 0 Å². The summed E-state index contributed by atoms with van der Waals surface area (Å²) in [5.41, 5.74) is 0.650. The van der Waals surface area contributed by atoms with Gasteiger partial charge in [0.05, 0.1) is 32.0 Å². The van der Waals surface area contributed by atoms with E-state index < -0.39 is 0 Å². The molecule has 1 aromatic rings. The number of nitrogens with one attached hydrogen (secondary N) is 1. The molecule has 4 rings (SSSR count). The number of carbonyl (C=O) groups excluding carboxylic acids is 1. The van der Waals surface area contributed by atoms with Crippen LogP contribution in [-0.2, 0) is 16.1 Å². The van der Waals surface area contributed by atoms with Crippen LogP contribution in [-0.4, -0.2) is 65.7 Å². The predicted molar refractivity (Wildman–Crippen MR) is 71.5 cm³/mol. The molecule has 1 N–H and O–H groups in total. The van der Waals surface area contributed by atoms with Crippen LogP contribution in [0, 0.1) is 5.92 Å². The zero-order chi connectivity index (χ0) is 13.5. The molecular weight excluding hydrogens is 260 g/mol. The Hall–Kier alpha value is -1.80. The highest BCUT2D eigenvalue weighted by molar-refractivity contribution is 6.42. The van der Waals surface area contributed by atoms with Gasteiger partial charge in [0.25, 0.3) is 0 Å². The Morgan fingerprint density at radius 2 is 2.15 bits per heavy atom. The minimum Gasteiger partial charge on any atom is -0.378 e. The largest absolute Gasteiger partial charge is 0.378 e. The number of fused-ring (bicyclic) bond motifs is 2. The second-order valence-corrected chi connectivity index (χ2v) is 5.24. The fraction of sp³-hybridized carbons (Fsp3) is 0.667. The number of nitrogens with zero attached hydrogens (tertiary/aromatic N) is 5.